The zero-order valence-corrected chi connectivity index (χ0v) is 14.2. The van der Waals surface area contributed by atoms with Gasteiger partial charge < -0.3 is 10.3 Å². The molecule has 0 saturated heterocycles. The Kier molecular flexibility index (Phi) is 4.13. The quantitative estimate of drug-likeness (QED) is 0.762. The first-order valence-corrected chi connectivity index (χ1v) is 8.70. The van der Waals surface area contributed by atoms with E-state index in [1.807, 2.05) is 42.5 Å². The SMILES string of the molecule is O=C(NC1(c2ccccc2)CCC1)c1ccc(-c2ccncc2)[nH]c1=O. The highest BCUT2D eigenvalue weighted by atomic mass is 16.2. The van der Waals surface area contributed by atoms with Crippen LogP contribution in [0.4, 0.5) is 0 Å². The number of amides is 1. The lowest BCUT2D eigenvalue weighted by molar-refractivity contribution is 0.0822. The number of nitrogens with zero attached hydrogens (tertiary/aromatic N) is 1. The Morgan fingerprint density at radius 2 is 1.73 bits per heavy atom. The van der Waals surface area contributed by atoms with Crippen molar-refractivity contribution in [3.63, 3.8) is 0 Å². The lowest BCUT2D eigenvalue weighted by atomic mass is 9.71. The van der Waals surface area contributed by atoms with E-state index in [1.165, 1.54) is 0 Å². The van der Waals surface area contributed by atoms with Crippen LogP contribution in [0.25, 0.3) is 11.3 Å². The molecule has 1 aromatic carbocycles. The van der Waals surface area contributed by atoms with E-state index >= 15 is 0 Å². The molecule has 3 aromatic rings. The van der Waals surface area contributed by atoms with E-state index in [1.54, 1.807) is 24.5 Å². The number of benzene rings is 1. The van der Waals surface area contributed by atoms with Crippen molar-refractivity contribution in [1.29, 1.82) is 0 Å². The summed E-state index contributed by atoms with van der Waals surface area (Å²) in [5, 5.41) is 3.09. The molecule has 1 aliphatic carbocycles. The Morgan fingerprint density at radius 3 is 2.35 bits per heavy atom. The summed E-state index contributed by atoms with van der Waals surface area (Å²) in [7, 11) is 0. The van der Waals surface area contributed by atoms with Crippen LogP contribution in [0.1, 0.15) is 35.2 Å². The zero-order chi connectivity index (χ0) is 18.0. The van der Waals surface area contributed by atoms with Crippen LogP contribution in [-0.2, 0) is 5.54 Å². The number of carbonyl (C=O) groups excluding carboxylic acids is 1. The third-order valence-corrected chi connectivity index (χ3v) is 5.03. The van der Waals surface area contributed by atoms with Gasteiger partial charge in [-0.2, -0.15) is 0 Å². The monoisotopic (exact) mass is 345 g/mol. The molecule has 2 N–H and O–H groups in total. The van der Waals surface area contributed by atoms with E-state index in [9.17, 15) is 9.59 Å². The van der Waals surface area contributed by atoms with Gasteiger partial charge in [-0.15, -0.1) is 0 Å². The second kappa shape index (κ2) is 6.59. The minimum atomic E-state index is -0.389. The van der Waals surface area contributed by atoms with Gasteiger partial charge in [0.25, 0.3) is 11.5 Å². The largest absolute Gasteiger partial charge is 0.342 e. The van der Waals surface area contributed by atoms with Gasteiger partial charge in [-0.1, -0.05) is 30.3 Å². The first-order valence-electron chi connectivity index (χ1n) is 8.70. The van der Waals surface area contributed by atoms with Crippen LogP contribution in [0.5, 0.6) is 0 Å². The minimum absolute atomic E-state index is 0.130. The molecular weight excluding hydrogens is 326 g/mol. The molecule has 5 heteroatoms. The predicted octanol–water partition coefficient (Wildman–Crippen LogP) is 3.25. The van der Waals surface area contributed by atoms with E-state index in [4.69, 9.17) is 0 Å². The summed E-state index contributed by atoms with van der Waals surface area (Å²) < 4.78 is 0. The lowest BCUT2D eigenvalue weighted by Crippen LogP contribution is -2.51. The van der Waals surface area contributed by atoms with E-state index in [0.717, 1.165) is 30.4 Å². The molecule has 4 rings (SSSR count). The summed E-state index contributed by atoms with van der Waals surface area (Å²) >= 11 is 0. The molecule has 0 aliphatic heterocycles. The number of hydrogen-bond acceptors (Lipinski definition) is 3. The standard InChI is InChI=1S/C21H19N3O2/c25-19-17(7-8-18(23-19)15-9-13-22-14-10-15)20(26)24-21(11-4-12-21)16-5-2-1-3-6-16/h1-3,5-10,13-14H,4,11-12H2,(H,23,25)(H,24,26). The normalized spacial score (nSPS) is 15.1. The summed E-state index contributed by atoms with van der Waals surface area (Å²) in [6.45, 7) is 0. The highest BCUT2D eigenvalue weighted by Crippen LogP contribution is 2.41. The van der Waals surface area contributed by atoms with Crippen molar-refractivity contribution >= 4 is 5.91 Å². The Hall–Kier alpha value is -3.21. The molecule has 2 aromatic heterocycles. The number of carbonyl (C=O) groups is 1. The molecule has 0 spiro atoms. The van der Waals surface area contributed by atoms with E-state index < -0.39 is 0 Å². The number of aromatic amines is 1. The highest BCUT2D eigenvalue weighted by molar-refractivity contribution is 5.94. The van der Waals surface area contributed by atoms with Crippen molar-refractivity contribution in [1.82, 2.24) is 15.3 Å². The fourth-order valence-electron chi connectivity index (χ4n) is 3.41. The summed E-state index contributed by atoms with van der Waals surface area (Å²) in [6, 6.07) is 16.9. The fourth-order valence-corrected chi connectivity index (χ4v) is 3.41. The van der Waals surface area contributed by atoms with Crippen LogP contribution in [0.3, 0.4) is 0 Å². The molecule has 0 atom stereocenters. The summed E-state index contributed by atoms with van der Waals surface area (Å²) in [5.74, 6) is -0.337. The van der Waals surface area contributed by atoms with Crippen LogP contribution >= 0.6 is 0 Å². The second-order valence-corrected chi connectivity index (χ2v) is 6.61. The summed E-state index contributed by atoms with van der Waals surface area (Å²) in [4.78, 5) is 32.0. The molecule has 1 fully saturated rings. The van der Waals surface area contributed by atoms with Gasteiger partial charge in [0.05, 0.1) is 5.54 Å². The first-order chi connectivity index (χ1) is 12.7. The van der Waals surface area contributed by atoms with Gasteiger partial charge in [0, 0.05) is 23.7 Å². The molecule has 1 aliphatic rings. The van der Waals surface area contributed by atoms with E-state index in [0.29, 0.717) is 5.69 Å². The Labute approximate surface area is 151 Å². The van der Waals surface area contributed by atoms with Crippen molar-refractivity contribution in [2.24, 2.45) is 0 Å². The maximum atomic E-state index is 12.8. The molecule has 0 bridgehead atoms. The van der Waals surface area contributed by atoms with Gasteiger partial charge in [-0.25, -0.2) is 0 Å². The van der Waals surface area contributed by atoms with Crippen molar-refractivity contribution in [2.75, 3.05) is 0 Å². The topological polar surface area (TPSA) is 74.8 Å². The Balaban J connectivity index is 1.60. The molecule has 5 nitrogen and oxygen atoms in total. The molecule has 130 valence electrons. The van der Waals surface area contributed by atoms with Crippen LogP contribution in [0.15, 0.2) is 71.8 Å². The smallest absolute Gasteiger partial charge is 0.261 e. The van der Waals surface area contributed by atoms with Gasteiger partial charge in [-0.05, 0) is 49.1 Å². The molecule has 2 heterocycles. The van der Waals surface area contributed by atoms with Crippen molar-refractivity contribution in [3.8, 4) is 11.3 Å². The maximum Gasteiger partial charge on any atom is 0.261 e. The zero-order valence-electron chi connectivity index (χ0n) is 14.2. The highest BCUT2D eigenvalue weighted by Gasteiger charge is 2.40. The number of aromatic nitrogens is 2. The van der Waals surface area contributed by atoms with Crippen LogP contribution in [0, 0.1) is 0 Å². The van der Waals surface area contributed by atoms with Gasteiger partial charge in [0.15, 0.2) is 0 Å². The molecule has 0 unspecified atom stereocenters. The van der Waals surface area contributed by atoms with Gasteiger partial charge in [0.2, 0.25) is 0 Å². The molecule has 0 radical (unpaired) electrons. The Bertz CT molecular complexity index is 977. The number of nitrogens with one attached hydrogen (secondary N) is 2. The van der Waals surface area contributed by atoms with Crippen LogP contribution < -0.4 is 10.9 Å². The molecule has 1 saturated carbocycles. The lowest BCUT2D eigenvalue weighted by Gasteiger charge is -2.43. The maximum absolute atomic E-state index is 12.8. The fraction of sp³-hybridized carbons (Fsp3) is 0.190. The van der Waals surface area contributed by atoms with Crippen molar-refractivity contribution in [2.45, 2.75) is 24.8 Å². The van der Waals surface area contributed by atoms with E-state index in [2.05, 4.69) is 15.3 Å². The van der Waals surface area contributed by atoms with Gasteiger partial charge in [-0.3, -0.25) is 14.6 Å². The average Bonchev–Trinajstić information content (AvgIpc) is 2.66. The number of pyridine rings is 2. The molecule has 1 amide bonds. The van der Waals surface area contributed by atoms with Gasteiger partial charge in [0.1, 0.15) is 5.56 Å². The van der Waals surface area contributed by atoms with E-state index in [-0.39, 0.29) is 22.6 Å². The van der Waals surface area contributed by atoms with Crippen molar-refractivity contribution < 1.29 is 4.79 Å². The van der Waals surface area contributed by atoms with Crippen LogP contribution in [0.2, 0.25) is 0 Å². The molecular formula is C21H19N3O2. The number of rotatable bonds is 4. The average molecular weight is 345 g/mol. The molecule has 26 heavy (non-hydrogen) atoms. The third kappa shape index (κ3) is 2.92. The first kappa shape index (κ1) is 16.3. The third-order valence-electron chi connectivity index (χ3n) is 5.03. The number of hydrogen-bond donors (Lipinski definition) is 2. The predicted molar refractivity (Wildman–Crippen MR) is 99.7 cm³/mol. The number of H-pyrrole nitrogens is 1. The van der Waals surface area contributed by atoms with Gasteiger partial charge >= 0.3 is 0 Å². The Morgan fingerprint density at radius 1 is 1.00 bits per heavy atom. The summed E-state index contributed by atoms with van der Waals surface area (Å²) in [6.07, 6.45) is 6.15. The second-order valence-electron chi connectivity index (χ2n) is 6.61. The minimum Gasteiger partial charge on any atom is -0.342 e. The van der Waals surface area contributed by atoms with Crippen LogP contribution in [-0.4, -0.2) is 15.9 Å². The summed E-state index contributed by atoms with van der Waals surface area (Å²) in [5.41, 5.74) is 1.97. The van der Waals surface area contributed by atoms with Crippen molar-refractivity contribution in [3.05, 3.63) is 88.5 Å².